The fourth-order valence-electron chi connectivity index (χ4n) is 1.95. The van der Waals surface area contributed by atoms with Crippen molar-refractivity contribution in [3.05, 3.63) is 41.6 Å². The summed E-state index contributed by atoms with van der Waals surface area (Å²) in [4.78, 5) is 12.4. The second-order valence-electron chi connectivity index (χ2n) is 4.48. The number of aromatic amines is 1. The largest absolute Gasteiger partial charge is 0.307 e. The highest BCUT2D eigenvalue weighted by molar-refractivity contribution is 7.91. The molecule has 112 valence electrons. The number of carbonyl (C=O) groups is 1. The van der Waals surface area contributed by atoms with Gasteiger partial charge in [0, 0.05) is 5.56 Å². The standard InChI is InChI=1S/C14H17N3O3S/c1-3-10-9-15-17-13(10)16-14(18)11-7-5-6-8-12(11)21(19,20)4-2/h5-9H,3-4H2,1-2H3,(H2,15,16,17,18). The van der Waals surface area contributed by atoms with Gasteiger partial charge in [0.15, 0.2) is 9.84 Å². The molecule has 1 amide bonds. The topological polar surface area (TPSA) is 91.9 Å². The van der Waals surface area contributed by atoms with Crippen LogP contribution in [0.4, 0.5) is 5.82 Å². The van der Waals surface area contributed by atoms with Gasteiger partial charge in [-0.1, -0.05) is 26.0 Å². The Kier molecular flexibility index (Phi) is 4.42. The van der Waals surface area contributed by atoms with Gasteiger partial charge >= 0.3 is 0 Å². The van der Waals surface area contributed by atoms with Crippen LogP contribution in [0.15, 0.2) is 35.4 Å². The lowest BCUT2D eigenvalue weighted by Gasteiger charge is -2.09. The highest BCUT2D eigenvalue weighted by Crippen LogP contribution is 2.19. The lowest BCUT2D eigenvalue weighted by Crippen LogP contribution is -2.18. The first-order chi connectivity index (χ1) is 9.99. The zero-order chi connectivity index (χ0) is 15.5. The molecule has 6 nitrogen and oxygen atoms in total. The van der Waals surface area contributed by atoms with E-state index in [1.165, 1.54) is 12.1 Å². The van der Waals surface area contributed by atoms with E-state index in [9.17, 15) is 13.2 Å². The van der Waals surface area contributed by atoms with E-state index < -0.39 is 15.7 Å². The Morgan fingerprint density at radius 1 is 1.29 bits per heavy atom. The maximum Gasteiger partial charge on any atom is 0.258 e. The van der Waals surface area contributed by atoms with E-state index >= 15 is 0 Å². The zero-order valence-electron chi connectivity index (χ0n) is 11.9. The van der Waals surface area contributed by atoms with Crippen molar-refractivity contribution in [2.75, 3.05) is 11.1 Å². The Balaban J connectivity index is 2.37. The Morgan fingerprint density at radius 2 is 2.00 bits per heavy atom. The Morgan fingerprint density at radius 3 is 2.67 bits per heavy atom. The maximum atomic E-state index is 12.3. The molecule has 21 heavy (non-hydrogen) atoms. The van der Waals surface area contributed by atoms with Crippen LogP contribution in [0.3, 0.4) is 0 Å². The Bertz CT molecular complexity index is 750. The molecular weight excluding hydrogens is 290 g/mol. The summed E-state index contributed by atoms with van der Waals surface area (Å²) in [5.74, 6) is -0.0329. The molecule has 0 aliphatic rings. The molecule has 0 atom stereocenters. The number of nitrogens with zero attached hydrogens (tertiary/aromatic N) is 1. The number of H-pyrrole nitrogens is 1. The number of aryl methyl sites for hydroxylation is 1. The van der Waals surface area contributed by atoms with Gasteiger partial charge < -0.3 is 5.32 Å². The molecule has 0 aliphatic heterocycles. The van der Waals surface area contributed by atoms with Gasteiger partial charge in [-0.25, -0.2) is 8.42 Å². The molecule has 0 aliphatic carbocycles. The highest BCUT2D eigenvalue weighted by atomic mass is 32.2. The number of anilines is 1. The number of amides is 1. The van der Waals surface area contributed by atoms with Crippen LogP contribution in [0.5, 0.6) is 0 Å². The minimum absolute atomic E-state index is 0.0440. The summed E-state index contributed by atoms with van der Waals surface area (Å²) >= 11 is 0. The van der Waals surface area contributed by atoms with E-state index in [4.69, 9.17) is 0 Å². The van der Waals surface area contributed by atoms with Crippen molar-refractivity contribution in [1.82, 2.24) is 10.2 Å². The van der Waals surface area contributed by atoms with Gasteiger partial charge in [-0.15, -0.1) is 0 Å². The summed E-state index contributed by atoms with van der Waals surface area (Å²) in [5, 5.41) is 9.24. The van der Waals surface area contributed by atoms with Gasteiger partial charge in [-0.3, -0.25) is 9.89 Å². The third kappa shape index (κ3) is 3.13. The van der Waals surface area contributed by atoms with Crippen LogP contribution in [-0.4, -0.2) is 30.3 Å². The lowest BCUT2D eigenvalue weighted by molar-refractivity contribution is 0.102. The van der Waals surface area contributed by atoms with E-state index in [1.807, 2.05) is 6.92 Å². The molecular formula is C14H17N3O3S. The summed E-state index contributed by atoms with van der Waals surface area (Å²) in [7, 11) is -3.46. The second kappa shape index (κ2) is 6.09. The van der Waals surface area contributed by atoms with Gasteiger partial charge in [0.25, 0.3) is 5.91 Å². The van der Waals surface area contributed by atoms with Crippen LogP contribution < -0.4 is 5.32 Å². The van der Waals surface area contributed by atoms with Gasteiger partial charge in [0.2, 0.25) is 0 Å². The number of carbonyl (C=O) groups excluding carboxylic acids is 1. The molecule has 2 N–H and O–H groups in total. The van der Waals surface area contributed by atoms with Crippen LogP contribution >= 0.6 is 0 Å². The van der Waals surface area contributed by atoms with Gasteiger partial charge in [-0.05, 0) is 18.6 Å². The van der Waals surface area contributed by atoms with Crippen molar-refractivity contribution in [3.63, 3.8) is 0 Å². The third-order valence-electron chi connectivity index (χ3n) is 3.18. The molecule has 0 unspecified atom stereocenters. The quantitative estimate of drug-likeness (QED) is 0.884. The first-order valence-electron chi connectivity index (χ1n) is 6.65. The molecule has 0 fully saturated rings. The number of benzene rings is 1. The van der Waals surface area contributed by atoms with Crippen molar-refractivity contribution in [2.45, 2.75) is 25.2 Å². The highest BCUT2D eigenvalue weighted by Gasteiger charge is 2.21. The molecule has 0 saturated carbocycles. The average Bonchev–Trinajstić information content (AvgIpc) is 2.94. The summed E-state index contributed by atoms with van der Waals surface area (Å²) in [6, 6.07) is 6.19. The van der Waals surface area contributed by atoms with Crippen LogP contribution in [-0.2, 0) is 16.3 Å². The van der Waals surface area contributed by atoms with Crippen LogP contribution in [0.25, 0.3) is 0 Å². The molecule has 1 aromatic heterocycles. The smallest absolute Gasteiger partial charge is 0.258 e. The Labute approximate surface area is 123 Å². The average molecular weight is 307 g/mol. The lowest BCUT2D eigenvalue weighted by atomic mass is 10.2. The van der Waals surface area contributed by atoms with Crippen molar-refractivity contribution in [3.8, 4) is 0 Å². The molecule has 0 spiro atoms. The first-order valence-corrected chi connectivity index (χ1v) is 8.30. The first kappa shape index (κ1) is 15.2. The van der Waals surface area contributed by atoms with Gasteiger partial charge in [0.1, 0.15) is 5.82 Å². The Hall–Kier alpha value is -2.15. The summed E-state index contributed by atoms with van der Waals surface area (Å²) < 4.78 is 24.1. The number of hydrogen-bond acceptors (Lipinski definition) is 4. The molecule has 0 saturated heterocycles. The molecule has 7 heteroatoms. The number of hydrogen-bond donors (Lipinski definition) is 2. The number of nitrogens with one attached hydrogen (secondary N) is 2. The summed E-state index contributed by atoms with van der Waals surface area (Å²) in [5.41, 5.74) is 0.996. The van der Waals surface area contributed by atoms with Crippen LogP contribution in [0.2, 0.25) is 0 Å². The molecule has 0 bridgehead atoms. The van der Waals surface area contributed by atoms with E-state index in [0.717, 1.165) is 5.56 Å². The minimum atomic E-state index is -3.46. The van der Waals surface area contributed by atoms with Crippen LogP contribution in [0, 0.1) is 0 Å². The van der Waals surface area contributed by atoms with Crippen molar-refractivity contribution in [2.24, 2.45) is 0 Å². The third-order valence-corrected chi connectivity index (χ3v) is 4.97. The number of sulfone groups is 1. The predicted octanol–water partition coefficient (Wildman–Crippen LogP) is 2.02. The number of rotatable bonds is 5. The fourth-order valence-corrected chi connectivity index (χ4v) is 3.04. The fraction of sp³-hybridized carbons (Fsp3) is 0.286. The predicted molar refractivity (Wildman–Crippen MR) is 80.1 cm³/mol. The normalized spacial score (nSPS) is 11.3. The second-order valence-corrected chi connectivity index (χ2v) is 6.72. The molecule has 1 aromatic carbocycles. The van der Waals surface area contributed by atoms with E-state index in [-0.39, 0.29) is 16.2 Å². The van der Waals surface area contributed by atoms with E-state index in [1.54, 1.807) is 25.3 Å². The summed E-state index contributed by atoms with van der Waals surface area (Å²) in [6.07, 6.45) is 2.34. The maximum absolute atomic E-state index is 12.3. The SMILES string of the molecule is CCc1cn[nH]c1NC(=O)c1ccccc1S(=O)(=O)CC. The van der Waals surface area contributed by atoms with Crippen molar-refractivity contribution >= 4 is 21.6 Å². The van der Waals surface area contributed by atoms with Gasteiger partial charge in [0.05, 0.1) is 22.4 Å². The number of aromatic nitrogens is 2. The summed E-state index contributed by atoms with van der Waals surface area (Å²) in [6.45, 7) is 3.49. The minimum Gasteiger partial charge on any atom is -0.307 e. The molecule has 0 radical (unpaired) electrons. The van der Waals surface area contributed by atoms with Crippen molar-refractivity contribution < 1.29 is 13.2 Å². The molecule has 2 aromatic rings. The van der Waals surface area contributed by atoms with Crippen molar-refractivity contribution in [1.29, 1.82) is 0 Å². The molecule has 2 rings (SSSR count). The van der Waals surface area contributed by atoms with Crippen LogP contribution in [0.1, 0.15) is 29.8 Å². The van der Waals surface area contributed by atoms with Gasteiger partial charge in [-0.2, -0.15) is 5.10 Å². The monoisotopic (exact) mass is 307 g/mol. The zero-order valence-corrected chi connectivity index (χ0v) is 12.7. The molecule has 1 heterocycles. The van der Waals surface area contributed by atoms with E-state index in [2.05, 4.69) is 15.5 Å². The van der Waals surface area contributed by atoms with E-state index in [0.29, 0.717) is 12.2 Å².